The highest BCUT2D eigenvalue weighted by atomic mass is 16.5. The normalized spacial score (nSPS) is 25.8. The van der Waals surface area contributed by atoms with Gasteiger partial charge in [-0.05, 0) is 45.6 Å². The first-order chi connectivity index (χ1) is 12.9. The van der Waals surface area contributed by atoms with E-state index in [2.05, 4.69) is 27.5 Å². The van der Waals surface area contributed by atoms with Gasteiger partial charge < -0.3 is 20.7 Å². The molecule has 27 heavy (non-hydrogen) atoms. The topological polar surface area (TPSA) is 88.2 Å². The van der Waals surface area contributed by atoms with Crippen molar-refractivity contribution in [3.05, 3.63) is 41.6 Å². The summed E-state index contributed by atoms with van der Waals surface area (Å²) in [4.78, 5) is 21.7. The second kappa shape index (κ2) is 8.08. The van der Waals surface area contributed by atoms with Crippen LogP contribution in [0.15, 0.2) is 30.1 Å². The minimum atomic E-state index is -0.650. The van der Waals surface area contributed by atoms with Crippen LogP contribution in [0.5, 0.6) is 0 Å². The van der Waals surface area contributed by atoms with Gasteiger partial charge in [-0.1, -0.05) is 12.2 Å². The Morgan fingerprint density at radius 3 is 2.78 bits per heavy atom. The van der Waals surface area contributed by atoms with Crippen molar-refractivity contribution >= 4 is 11.7 Å². The van der Waals surface area contributed by atoms with Crippen LogP contribution in [-0.4, -0.2) is 41.7 Å². The van der Waals surface area contributed by atoms with Crippen LogP contribution in [0.4, 0.5) is 5.82 Å². The Balaban J connectivity index is 1.73. The molecule has 7 nitrogen and oxygen atoms in total. The van der Waals surface area contributed by atoms with E-state index in [1.54, 1.807) is 0 Å². The van der Waals surface area contributed by atoms with Gasteiger partial charge in [-0.3, -0.25) is 4.79 Å². The number of carbonyl (C=O) groups is 1. The Bertz CT molecular complexity index is 751. The zero-order valence-corrected chi connectivity index (χ0v) is 16.4. The van der Waals surface area contributed by atoms with Crippen molar-refractivity contribution in [2.24, 2.45) is 0 Å². The van der Waals surface area contributed by atoms with Gasteiger partial charge in [-0.15, -0.1) is 0 Å². The van der Waals surface area contributed by atoms with E-state index in [1.807, 2.05) is 33.0 Å². The molecule has 7 heteroatoms. The van der Waals surface area contributed by atoms with Crippen LogP contribution >= 0.6 is 0 Å². The molecule has 2 fully saturated rings. The van der Waals surface area contributed by atoms with E-state index < -0.39 is 5.60 Å². The number of aromatic nitrogens is 2. The number of amides is 1. The quantitative estimate of drug-likeness (QED) is 0.689. The molecule has 1 amide bonds. The molecule has 1 spiro atoms. The molecule has 0 bridgehead atoms. The fraction of sp³-hybridized carbons (Fsp3) is 0.550. The molecular formula is C20H29N5O2. The highest BCUT2D eigenvalue weighted by Crippen LogP contribution is 2.40. The van der Waals surface area contributed by atoms with Gasteiger partial charge in [0.15, 0.2) is 0 Å². The van der Waals surface area contributed by atoms with Gasteiger partial charge in [0.05, 0.1) is 6.61 Å². The van der Waals surface area contributed by atoms with E-state index in [4.69, 9.17) is 9.72 Å². The van der Waals surface area contributed by atoms with Crippen LogP contribution in [0.2, 0.25) is 0 Å². The fourth-order valence-corrected chi connectivity index (χ4v) is 3.74. The van der Waals surface area contributed by atoms with Crippen LogP contribution in [0.25, 0.3) is 0 Å². The number of nitrogens with zero attached hydrogens (tertiary/aromatic N) is 2. The maximum Gasteiger partial charge on any atom is 0.252 e. The Labute approximate surface area is 160 Å². The second-order valence-corrected chi connectivity index (χ2v) is 7.41. The molecule has 2 heterocycles. The summed E-state index contributed by atoms with van der Waals surface area (Å²) in [5.74, 6) is 2.68. The number of ether oxygens (including phenoxy) is 1. The number of carbonyl (C=O) groups excluding carboxylic acids is 1. The molecule has 1 aliphatic carbocycles. The largest absolute Gasteiger partial charge is 0.375 e. The maximum absolute atomic E-state index is 12.3. The van der Waals surface area contributed by atoms with Gasteiger partial charge in [0.25, 0.3) is 5.91 Å². The van der Waals surface area contributed by atoms with Gasteiger partial charge in [0.2, 0.25) is 0 Å². The first-order valence-electron chi connectivity index (χ1n) is 9.52. The summed E-state index contributed by atoms with van der Waals surface area (Å²) in [6.45, 7) is 9.01. The smallest absolute Gasteiger partial charge is 0.252 e. The van der Waals surface area contributed by atoms with E-state index >= 15 is 0 Å². The van der Waals surface area contributed by atoms with Gasteiger partial charge >= 0.3 is 0 Å². The summed E-state index contributed by atoms with van der Waals surface area (Å²) in [5.41, 5.74) is 1.21. The van der Waals surface area contributed by atoms with E-state index in [1.165, 1.54) is 0 Å². The van der Waals surface area contributed by atoms with Gasteiger partial charge in [0.1, 0.15) is 23.1 Å². The molecular weight excluding hydrogens is 342 g/mol. The van der Waals surface area contributed by atoms with Gasteiger partial charge in [-0.25, -0.2) is 9.97 Å². The fourth-order valence-electron chi connectivity index (χ4n) is 3.74. The molecule has 3 N–H and O–H groups in total. The highest BCUT2D eigenvalue weighted by Gasteiger charge is 2.45. The number of allylic oxidation sites excluding steroid dienone is 2. The molecule has 0 atom stereocenters. The third kappa shape index (κ3) is 4.47. The molecule has 1 aromatic rings. The number of hydrogen-bond acceptors (Lipinski definition) is 6. The van der Waals surface area contributed by atoms with E-state index in [-0.39, 0.29) is 11.8 Å². The summed E-state index contributed by atoms with van der Waals surface area (Å²) in [7, 11) is 1.85. The Hall–Kier alpha value is -2.41. The average molecular weight is 371 g/mol. The molecule has 0 aromatic carbocycles. The number of morpholine rings is 1. The summed E-state index contributed by atoms with van der Waals surface area (Å²) in [6.07, 6.45) is 5.04. The lowest BCUT2D eigenvalue weighted by atomic mass is 9.77. The zero-order valence-electron chi connectivity index (χ0n) is 16.4. The molecule has 146 valence electrons. The zero-order chi connectivity index (χ0) is 19.4. The molecule has 0 radical (unpaired) electrons. The molecule has 2 aliphatic rings. The Morgan fingerprint density at radius 2 is 2.15 bits per heavy atom. The number of nitrogens with one attached hydrogen (secondary N) is 3. The maximum atomic E-state index is 12.3. The average Bonchev–Trinajstić information content (AvgIpc) is 2.63. The third-order valence-corrected chi connectivity index (χ3v) is 5.13. The Kier molecular flexibility index (Phi) is 5.79. The monoisotopic (exact) mass is 371 g/mol. The minimum absolute atomic E-state index is 0.0308. The van der Waals surface area contributed by atoms with E-state index in [9.17, 15) is 4.79 Å². The van der Waals surface area contributed by atoms with Crippen molar-refractivity contribution in [1.29, 1.82) is 0 Å². The standard InChI is InChI=1S/C20H29N5O2/c1-13(2)11-16(21-4)24-17-12-14(3)23-18(25-17)15-5-7-20(8-6-15)19(26)22-9-10-27-20/h11-12,15,21H,1,5-10H2,2-4H3,(H,22,26)(H,23,24,25)/b16-11+. The van der Waals surface area contributed by atoms with Crippen molar-refractivity contribution in [3.8, 4) is 0 Å². The molecule has 1 saturated heterocycles. The SMILES string of the molecule is C=C(C)/C=C(\NC)Nc1cc(C)nc(C2CCC3(CC2)OCCNC3=O)n1. The number of aryl methyl sites for hydroxylation is 1. The Morgan fingerprint density at radius 1 is 1.41 bits per heavy atom. The molecule has 1 aromatic heterocycles. The van der Waals surface area contributed by atoms with Crippen LogP contribution in [0, 0.1) is 6.92 Å². The van der Waals surface area contributed by atoms with Gasteiger partial charge in [0, 0.05) is 31.3 Å². The van der Waals surface area contributed by atoms with Crippen molar-refractivity contribution in [1.82, 2.24) is 20.6 Å². The van der Waals surface area contributed by atoms with Crippen molar-refractivity contribution in [2.75, 3.05) is 25.5 Å². The highest BCUT2D eigenvalue weighted by molar-refractivity contribution is 5.85. The molecule has 0 unspecified atom stereocenters. The predicted octanol–water partition coefficient (Wildman–Crippen LogP) is 2.38. The third-order valence-electron chi connectivity index (χ3n) is 5.13. The summed E-state index contributed by atoms with van der Waals surface area (Å²) in [5, 5.41) is 9.34. The molecule has 1 saturated carbocycles. The summed E-state index contributed by atoms with van der Waals surface area (Å²) >= 11 is 0. The predicted molar refractivity (Wildman–Crippen MR) is 105 cm³/mol. The van der Waals surface area contributed by atoms with Gasteiger partial charge in [-0.2, -0.15) is 0 Å². The number of rotatable bonds is 5. The van der Waals surface area contributed by atoms with Crippen LogP contribution < -0.4 is 16.0 Å². The lowest BCUT2D eigenvalue weighted by Crippen LogP contribution is -2.56. The first-order valence-corrected chi connectivity index (χ1v) is 9.52. The van der Waals surface area contributed by atoms with E-state index in [0.717, 1.165) is 41.6 Å². The lowest BCUT2D eigenvalue weighted by Gasteiger charge is -2.40. The first kappa shape index (κ1) is 19.4. The number of hydrogen-bond donors (Lipinski definition) is 3. The summed E-state index contributed by atoms with van der Waals surface area (Å²) in [6, 6.07) is 1.93. The van der Waals surface area contributed by atoms with Crippen LogP contribution in [0.1, 0.15) is 50.0 Å². The number of anilines is 1. The van der Waals surface area contributed by atoms with Crippen molar-refractivity contribution in [3.63, 3.8) is 0 Å². The minimum Gasteiger partial charge on any atom is -0.375 e. The summed E-state index contributed by atoms with van der Waals surface area (Å²) < 4.78 is 5.87. The molecule has 3 rings (SSSR count). The lowest BCUT2D eigenvalue weighted by molar-refractivity contribution is -0.160. The molecule has 1 aliphatic heterocycles. The van der Waals surface area contributed by atoms with Crippen LogP contribution in [-0.2, 0) is 9.53 Å². The van der Waals surface area contributed by atoms with Crippen LogP contribution in [0.3, 0.4) is 0 Å². The second-order valence-electron chi connectivity index (χ2n) is 7.41. The van der Waals surface area contributed by atoms with Crippen molar-refractivity contribution < 1.29 is 9.53 Å². The van der Waals surface area contributed by atoms with Crippen molar-refractivity contribution in [2.45, 2.75) is 51.0 Å². The van der Waals surface area contributed by atoms with E-state index in [0.29, 0.717) is 26.0 Å².